The van der Waals surface area contributed by atoms with Crippen molar-refractivity contribution in [1.82, 2.24) is 4.57 Å². The standard InChI is InChI=1S/C64H46N4/c1-7-23-48(24-8-1)65(49-25-9-2-10-26-49)55-43-47(44-56(45-55)66(50-27-11-3-12-28-50)51-29-13-4-14-30-51)57-40-42-63(59-36-20-19-35-58(57)59)67(52-31-15-5-16-32-52)54-39-41-64-61(46-54)60-37-21-22-38-62(60)68(64)53-33-17-6-18-34-53/h1-46H. The minimum atomic E-state index is 1.05. The number of hydrogen-bond donors (Lipinski definition) is 0. The molecule has 322 valence electrons. The van der Waals surface area contributed by atoms with Crippen LogP contribution in [0.3, 0.4) is 0 Å². The lowest BCUT2D eigenvalue weighted by molar-refractivity contribution is 1.18. The zero-order valence-electron chi connectivity index (χ0n) is 37.3. The highest BCUT2D eigenvalue weighted by atomic mass is 15.2. The molecule has 0 saturated carbocycles. The van der Waals surface area contributed by atoms with Gasteiger partial charge >= 0.3 is 0 Å². The molecule has 4 nitrogen and oxygen atoms in total. The van der Waals surface area contributed by atoms with Crippen molar-refractivity contribution in [2.24, 2.45) is 0 Å². The smallest absolute Gasteiger partial charge is 0.0542 e. The predicted molar refractivity (Wildman–Crippen MR) is 288 cm³/mol. The largest absolute Gasteiger partial charge is 0.310 e. The first kappa shape index (κ1) is 40.4. The van der Waals surface area contributed by atoms with E-state index in [-0.39, 0.29) is 0 Å². The third-order valence-corrected chi connectivity index (χ3v) is 12.9. The number of fused-ring (bicyclic) bond motifs is 4. The first-order chi connectivity index (χ1) is 33.8. The van der Waals surface area contributed by atoms with Crippen molar-refractivity contribution >= 4 is 83.8 Å². The first-order valence-electron chi connectivity index (χ1n) is 23.2. The minimum absolute atomic E-state index is 1.05. The van der Waals surface area contributed by atoms with Crippen LogP contribution < -0.4 is 14.7 Å². The van der Waals surface area contributed by atoms with Crippen LogP contribution in [0.15, 0.2) is 279 Å². The van der Waals surface area contributed by atoms with Gasteiger partial charge in [0.15, 0.2) is 0 Å². The molecule has 0 aliphatic heterocycles. The molecular weight excluding hydrogens is 825 g/mol. The Labute approximate surface area is 397 Å². The Morgan fingerprint density at radius 2 is 0.647 bits per heavy atom. The molecule has 0 aliphatic rings. The van der Waals surface area contributed by atoms with Gasteiger partial charge in [0.2, 0.25) is 0 Å². The monoisotopic (exact) mass is 870 g/mol. The van der Waals surface area contributed by atoms with Crippen LogP contribution in [-0.4, -0.2) is 4.57 Å². The summed E-state index contributed by atoms with van der Waals surface area (Å²) in [7, 11) is 0. The molecule has 4 heteroatoms. The molecule has 0 saturated heterocycles. The molecule has 0 fully saturated rings. The number of para-hydroxylation sites is 7. The normalized spacial score (nSPS) is 11.2. The quantitative estimate of drug-likeness (QED) is 0.129. The van der Waals surface area contributed by atoms with E-state index in [4.69, 9.17) is 0 Å². The summed E-state index contributed by atoms with van der Waals surface area (Å²) in [4.78, 5) is 7.14. The maximum atomic E-state index is 2.42. The van der Waals surface area contributed by atoms with Crippen molar-refractivity contribution in [3.05, 3.63) is 279 Å². The lowest BCUT2D eigenvalue weighted by Gasteiger charge is -2.31. The molecule has 1 aromatic heterocycles. The van der Waals surface area contributed by atoms with Crippen LogP contribution in [-0.2, 0) is 0 Å². The third kappa shape index (κ3) is 7.40. The van der Waals surface area contributed by atoms with Gasteiger partial charge < -0.3 is 19.3 Å². The SMILES string of the molecule is c1ccc(N(c2ccccc2)c2cc(-c3ccc(N(c4ccccc4)c4ccc5c(c4)c4ccccc4n5-c4ccccc4)c4ccccc34)cc(N(c3ccccc3)c3ccccc3)c2)cc1. The van der Waals surface area contributed by atoms with Crippen LogP contribution in [0, 0.1) is 0 Å². The van der Waals surface area contributed by atoms with Crippen molar-refractivity contribution in [2.45, 2.75) is 0 Å². The summed E-state index contributed by atoms with van der Waals surface area (Å²) in [6, 6.07) is 100. The lowest BCUT2D eigenvalue weighted by atomic mass is 9.95. The Kier molecular flexibility index (Phi) is 10.5. The second kappa shape index (κ2) is 17.7. The lowest BCUT2D eigenvalue weighted by Crippen LogP contribution is -2.13. The minimum Gasteiger partial charge on any atom is -0.310 e. The number of nitrogens with zero attached hydrogens (tertiary/aromatic N) is 4. The zero-order chi connectivity index (χ0) is 45.2. The summed E-state index contributed by atoms with van der Waals surface area (Å²) >= 11 is 0. The molecule has 11 aromatic carbocycles. The highest BCUT2D eigenvalue weighted by molar-refractivity contribution is 6.12. The fraction of sp³-hybridized carbons (Fsp3) is 0. The molecule has 0 unspecified atom stereocenters. The van der Waals surface area contributed by atoms with E-state index in [0.717, 1.165) is 78.8 Å². The van der Waals surface area contributed by atoms with Gasteiger partial charge in [-0.05, 0) is 138 Å². The Balaban J connectivity index is 1.08. The molecule has 68 heavy (non-hydrogen) atoms. The first-order valence-corrected chi connectivity index (χ1v) is 23.2. The second-order valence-corrected chi connectivity index (χ2v) is 17.0. The van der Waals surface area contributed by atoms with Gasteiger partial charge in [0, 0.05) is 67.3 Å². The van der Waals surface area contributed by atoms with Crippen LogP contribution in [0.2, 0.25) is 0 Å². The second-order valence-electron chi connectivity index (χ2n) is 17.0. The summed E-state index contributed by atoms with van der Waals surface area (Å²) in [5.74, 6) is 0. The summed E-state index contributed by atoms with van der Waals surface area (Å²) in [6.45, 7) is 0. The molecule has 0 atom stereocenters. The van der Waals surface area contributed by atoms with Crippen molar-refractivity contribution in [3.8, 4) is 16.8 Å². The molecule has 0 aliphatic carbocycles. The molecule has 0 bridgehead atoms. The summed E-state index contributed by atoms with van der Waals surface area (Å²) in [5, 5.41) is 4.74. The maximum absolute atomic E-state index is 2.42. The Bertz CT molecular complexity index is 3490. The number of benzene rings is 11. The van der Waals surface area contributed by atoms with E-state index in [1.165, 1.54) is 21.8 Å². The van der Waals surface area contributed by atoms with Gasteiger partial charge in [-0.15, -0.1) is 0 Å². The predicted octanol–water partition coefficient (Wildman–Crippen LogP) is 18.0. The van der Waals surface area contributed by atoms with Crippen LogP contribution in [0.1, 0.15) is 0 Å². The van der Waals surface area contributed by atoms with Gasteiger partial charge in [-0.1, -0.05) is 158 Å². The summed E-state index contributed by atoms with van der Waals surface area (Å²) in [6.07, 6.45) is 0. The van der Waals surface area contributed by atoms with E-state index in [9.17, 15) is 0 Å². The molecule has 0 N–H and O–H groups in total. The topological polar surface area (TPSA) is 14.7 Å². The summed E-state index contributed by atoms with van der Waals surface area (Å²) < 4.78 is 2.38. The molecular formula is C64H46N4. The number of rotatable bonds is 11. The molecule has 0 spiro atoms. The van der Waals surface area contributed by atoms with Crippen LogP contribution in [0.5, 0.6) is 0 Å². The van der Waals surface area contributed by atoms with Crippen molar-refractivity contribution < 1.29 is 0 Å². The van der Waals surface area contributed by atoms with Crippen LogP contribution in [0.4, 0.5) is 51.2 Å². The average molecular weight is 871 g/mol. The third-order valence-electron chi connectivity index (χ3n) is 12.9. The average Bonchev–Trinajstić information content (AvgIpc) is 3.74. The zero-order valence-corrected chi connectivity index (χ0v) is 37.3. The van der Waals surface area contributed by atoms with Gasteiger partial charge in [0.1, 0.15) is 0 Å². The molecule has 0 amide bonds. The highest BCUT2D eigenvalue weighted by Crippen LogP contribution is 2.47. The number of anilines is 9. The van der Waals surface area contributed by atoms with Crippen LogP contribution in [0.25, 0.3) is 49.4 Å². The number of aromatic nitrogens is 1. The van der Waals surface area contributed by atoms with Gasteiger partial charge in [-0.25, -0.2) is 0 Å². The Hall–Kier alpha value is -9.12. The molecule has 0 radical (unpaired) electrons. The van der Waals surface area contributed by atoms with E-state index in [1.807, 2.05) is 0 Å². The van der Waals surface area contributed by atoms with E-state index < -0.39 is 0 Å². The summed E-state index contributed by atoms with van der Waals surface area (Å²) in [5.41, 5.74) is 15.4. The highest BCUT2D eigenvalue weighted by Gasteiger charge is 2.23. The Morgan fingerprint density at radius 3 is 1.16 bits per heavy atom. The van der Waals surface area contributed by atoms with E-state index >= 15 is 0 Å². The van der Waals surface area contributed by atoms with Crippen molar-refractivity contribution in [1.29, 1.82) is 0 Å². The van der Waals surface area contributed by atoms with E-state index in [0.29, 0.717) is 0 Å². The van der Waals surface area contributed by atoms with Crippen LogP contribution >= 0.6 is 0 Å². The van der Waals surface area contributed by atoms with Gasteiger partial charge in [-0.2, -0.15) is 0 Å². The Morgan fingerprint density at radius 1 is 0.235 bits per heavy atom. The van der Waals surface area contributed by atoms with E-state index in [1.54, 1.807) is 0 Å². The maximum Gasteiger partial charge on any atom is 0.0542 e. The van der Waals surface area contributed by atoms with E-state index in [2.05, 4.69) is 298 Å². The van der Waals surface area contributed by atoms with Crippen molar-refractivity contribution in [2.75, 3.05) is 14.7 Å². The molecule has 1 heterocycles. The molecule has 12 rings (SSSR count). The fourth-order valence-corrected chi connectivity index (χ4v) is 9.90. The fourth-order valence-electron chi connectivity index (χ4n) is 9.90. The molecule has 12 aromatic rings. The van der Waals surface area contributed by atoms with Gasteiger partial charge in [0.25, 0.3) is 0 Å². The van der Waals surface area contributed by atoms with Gasteiger partial charge in [0.05, 0.1) is 16.7 Å². The van der Waals surface area contributed by atoms with Gasteiger partial charge in [-0.3, -0.25) is 0 Å². The number of hydrogen-bond acceptors (Lipinski definition) is 3. The van der Waals surface area contributed by atoms with Crippen molar-refractivity contribution in [3.63, 3.8) is 0 Å².